The molecule has 0 saturated heterocycles. The van der Waals surface area contributed by atoms with Gasteiger partial charge in [0.15, 0.2) is 0 Å². The van der Waals surface area contributed by atoms with Gasteiger partial charge in [0, 0.05) is 4.90 Å². The molecule has 2 nitrogen and oxygen atoms in total. The fraction of sp³-hybridized carbons (Fsp3) is 0.462. The average molecular weight is 235 g/mol. The normalized spacial score (nSPS) is 11.0. The van der Waals surface area contributed by atoms with Gasteiger partial charge in [-0.1, -0.05) is 0 Å². The Balaban J connectivity index is 3.08. The van der Waals surface area contributed by atoms with Crippen molar-refractivity contribution in [2.75, 3.05) is 7.11 Å². The fourth-order valence-electron chi connectivity index (χ4n) is 1.39. The molecule has 0 unspecified atom stereocenters. The number of benzene rings is 1. The van der Waals surface area contributed by atoms with Crippen molar-refractivity contribution < 1.29 is 4.74 Å². The first-order chi connectivity index (χ1) is 7.39. The van der Waals surface area contributed by atoms with Crippen LogP contribution in [0, 0.1) is 25.2 Å². The molecular formula is C13H17NOS. The molecule has 0 atom stereocenters. The molecule has 1 rings (SSSR count). The van der Waals surface area contributed by atoms with E-state index in [1.165, 1.54) is 0 Å². The highest BCUT2D eigenvalue weighted by atomic mass is 32.2. The number of hydrogen-bond donors (Lipinski definition) is 0. The van der Waals surface area contributed by atoms with Gasteiger partial charge in [-0.2, -0.15) is 5.26 Å². The van der Waals surface area contributed by atoms with Gasteiger partial charge < -0.3 is 4.74 Å². The van der Waals surface area contributed by atoms with E-state index in [4.69, 9.17) is 10.00 Å². The standard InChI is InChI=1S/C13H17NOS/c1-9-7-12(16-13(3,4)8-14)10(2)6-11(9)15-5/h6-7H,1-5H3. The van der Waals surface area contributed by atoms with Gasteiger partial charge in [-0.05, 0) is 51.0 Å². The van der Waals surface area contributed by atoms with Crippen LogP contribution in [-0.4, -0.2) is 11.9 Å². The van der Waals surface area contributed by atoms with Crippen LogP contribution in [0.25, 0.3) is 0 Å². The lowest BCUT2D eigenvalue weighted by molar-refractivity contribution is 0.411. The SMILES string of the molecule is COc1cc(C)c(SC(C)(C)C#N)cc1C. The van der Waals surface area contributed by atoms with Crippen molar-refractivity contribution >= 4 is 11.8 Å². The quantitative estimate of drug-likeness (QED) is 0.749. The first-order valence-electron chi connectivity index (χ1n) is 5.15. The monoisotopic (exact) mass is 235 g/mol. The zero-order chi connectivity index (χ0) is 12.3. The topological polar surface area (TPSA) is 33.0 Å². The van der Waals surface area contributed by atoms with Crippen molar-refractivity contribution in [3.63, 3.8) is 0 Å². The van der Waals surface area contributed by atoms with E-state index >= 15 is 0 Å². The van der Waals surface area contributed by atoms with E-state index in [1.54, 1.807) is 18.9 Å². The van der Waals surface area contributed by atoms with Gasteiger partial charge in [-0.3, -0.25) is 0 Å². The van der Waals surface area contributed by atoms with Crippen molar-refractivity contribution in [3.05, 3.63) is 23.3 Å². The highest BCUT2D eigenvalue weighted by Gasteiger charge is 2.20. The molecule has 3 heteroatoms. The summed E-state index contributed by atoms with van der Waals surface area (Å²) in [6.45, 7) is 7.91. The minimum absolute atomic E-state index is 0.397. The molecule has 0 amide bonds. The molecule has 0 spiro atoms. The summed E-state index contributed by atoms with van der Waals surface area (Å²) in [5.41, 5.74) is 2.25. The molecule has 0 bridgehead atoms. The number of nitrogens with zero attached hydrogens (tertiary/aromatic N) is 1. The van der Waals surface area contributed by atoms with E-state index in [-0.39, 0.29) is 0 Å². The van der Waals surface area contributed by atoms with E-state index in [2.05, 4.69) is 12.1 Å². The van der Waals surface area contributed by atoms with Crippen LogP contribution in [0.15, 0.2) is 17.0 Å². The molecule has 0 N–H and O–H groups in total. The van der Waals surface area contributed by atoms with Crippen molar-refractivity contribution in [1.82, 2.24) is 0 Å². The number of thioether (sulfide) groups is 1. The summed E-state index contributed by atoms with van der Waals surface area (Å²) in [7, 11) is 1.67. The lowest BCUT2D eigenvalue weighted by atomic mass is 10.1. The van der Waals surface area contributed by atoms with Crippen molar-refractivity contribution in [2.45, 2.75) is 37.3 Å². The zero-order valence-corrected chi connectivity index (χ0v) is 11.2. The summed E-state index contributed by atoms with van der Waals surface area (Å²) < 4.78 is 4.87. The van der Waals surface area contributed by atoms with Crippen LogP contribution in [0.3, 0.4) is 0 Å². The Labute approximate surface area is 102 Å². The summed E-state index contributed by atoms with van der Waals surface area (Å²) in [6.07, 6.45) is 0. The average Bonchev–Trinajstić information content (AvgIpc) is 2.22. The highest BCUT2D eigenvalue weighted by molar-refractivity contribution is 8.01. The largest absolute Gasteiger partial charge is 0.496 e. The molecule has 0 aliphatic carbocycles. The molecule has 0 aromatic heterocycles. The van der Waals surface area contributed by atoms with Crippen LogP contribution in [-0.2, 0) is 0 Å². The van der Waals surface area contributed by atoms with Crippen LogP contribution < -0.4 is 4.74 Å². The van der Waals surface area contributed by atoms with Gasteiger partial charge in [0.1, 0.15) is 10.5 Å². The van der Waals surface area contributed by atoms with Gasteiger partial charge in [0.05, 0.1) is 13.2 Å². The summed E-state index contributed by atoms with van der Waals surface area (Å²) in [6, 6.07) is 6.40. The molecule has 1 aromatic rings. The van der Waals surface area contributed by atoms with Gasteiger partial charge in [-0.25, -0.2) is 0 Å². The minimum atomic E-state index is -0.397. The summed E-state index contributed by atoms with van der Waals surface area (Å²) >= 11 is 1.59. The summed E-state index contributed by atoms with van der Waals surface area (Å²) in [5.74, 6) is 0.900. The maximum absolute atomic E-state index is 9.02. The van der Waals surface area contributed by atoms with Gasteiger partial charge in [-0.15, -0.1) is 11.8 Å². The molecule has 16 heavy (non-hydrogen) atoms. The first-order valence-corrected chi connectivity index (χ1v) is 5.97. The van der Waals surface area contributed by atoms with E-state index in [9.17, 15) is 0 Å². The van der Waals surface area contributed by atoms with E-state index < -0.39 is 4.75 Å². The second kappa shape index (κ2) is 4.80. The number of rotatable bonds is 3. The third-order valence-electron chi connectivity index (χ3n) is 2.33. The van der Waals surface area contributed by atoms with Crippen LogP contribution in [0.4, 0.5) is 0 Å². The van der Waals surface area contributed by atoms with E-state index in [1.807, 2.05) is 33.8 Å². The van der Waals surface area contributed by atoms with Crippen molar-refractivity contribution in [3.8, 4) is 11.8 Å². The Morgan fingerprint density at radius 1 is 1.25 bits per heavy atom. The Morgan fingerprint density at radius 2 is 1.88 bits per heavy atom. The molecule has 0 aliphatic rings. The number of hydrogen-bond acceptors (Lipinski definition) is 3. The van der Waals surface area contributed by atoms with E-state index in [0.29, 0.717) is 0 Å². The van der Waals surface area contributed by atoms with Crippen molar-refractivity contribution in [2.24, 2.45) is 0 Å². The Morgan fingerprint density at radius 3 is 2.38 bits per heavy atom. The van der Waals surface area contributed by atoms with Crippen LogP contribution in [0.5, 0.6) is 5.75 Å². The fourth-order valence-corrected chi connectivity index (χ4v) is 2.44. The first kappa shape index (κ1) is 12.9. The lowest BCUT2D eigenvalue weighted by Crippen LogP contribution is -2.10. The number of methoxy groups -OCH3 is 1. The van der Waals surface area contributed by atoms with Gasteiger partial charge in [0.2, 0.25) is 0 Å². The zero-order valence-electron chi connectivity index (χ0n) is 10.4. The predicted octanol–water partition coefficient (Wildman–Crippen LogP) is 3.71. The molecule has 86 valence electrons. The van der Waals surface area contributed by atoms with Crippen LogP contribution in [0.1, 0.15) is 25.0 Å². The van der Waals surface area contributed by atoms with Crippen molar-refractivity contribution in [1.29, 1.82) is 5.26 Å². The molecule has 0 aliphatic heterocycles. The third-order valence-corrected chi connectivity index (χ3v) is 3.59. The number of nitriles is 1. The smallest absolute Gasteiger partial charge is 0.122 e. The Bertz CT molecular complexity index is 432. The van der Waals surface area contributed by atoms with Gasteiger partial charge >= 0.3 is 0 Å². The predicted molar refractivity (Wildman–Crippen MR) is 68.0 cm³/mol. The second-order valence-electron chi connectivity index (χ2n) is 4.31. The maximum Gasteiger partial charge on any atom is 0.122 e. The second-order valence-corrected chi connectivity index (χ2v) is 5.98. The Kier molecular flexibility index (Phi) is 3.88. The molecule has 0 saturated carbocycles. The maximum atomic E-state index is 9.02. The number of aryl methyl sites for hydroxylation is 2. The van der Waals surface area contributed by atoms with Crippen LogP contribution >= 0.6 is 11.8 Å². The summed E-state index contributed by atoms with van der Waals surface area (Å²) in [5, 5.41) is 9.02. The molecular weight excluding hydrogens is 218 g/mol. The molecule has 0 fully saturated rings. The van der Waals surface area contributed by atoms with E-state index in [0.717, 1.165) is 21.8 Å². The highest BCUT2D eigenvalue weighted by Crippen LogP contribution is 2.36. The third kappa shape index (κ3) is 2.93. The lowest BCUT2D eigenvalue weighted by Gasteiger charge is -2.17. The minimum Gasteiger partial charge on any atom is -0.496 e. The van der Waals surface area contributed by atoms with Crippen LogP contribution in [0.2, 0.25) is 0 Å². The molecule has 0 radical (unpaired) electrons. The number of ether oxygens (including phenoxy) is 1. The summed E-state index contributed by atoms with van der Waals surface area (Å²) in [4.78, 5) is 1.14. The molecule has 0 heterocycles. The van der Waals surface area contributed by atoms with Gasteiger partial charge in [0.25, 0.3) is 0 Å². The Hall–Kier alpha value is -1.14. The molecule has 1 aromatic carbocycles.